The Hall–Kier alpha value is -1.89. The second-order valence-corrected chi connectivity index (χ2v) is 5.48. The minimum Gasteiger partial charge on any atom is -0.294 e. The van der Waals surface area contributed by atoms with E-state index in [-0.39, 0.29) is 11.7 Å². The van der Waals surface area contributed by atoms with Crippen molar-refractivity contribution in [2.45, 2.75) is 27.7 Å². The minimum absolute atomic E-state index is 0.0366. The van der Waals surface area contributed by atoms with Gasteiger partial charge in [0.05, 0.1) is 0 Å². The number of hydrogen-bond acceptors (Lipinski definition) is 1. The molecule has 2 aromatic carbocycles. The second-order valence-electron chi connectivity index (χ2n) is 5.48. The van der Waals surface area contributed by atoms with Gasteiger partial charge in [-0.3, -0.25) is 4.79 Å². The van der Waals surface area contributed by atoms with Crippen molar-refractivity contribution in [3.63, 3.8) is 0 Å². The summed E-state index contributed by atoms with van der Waals surface area (Å²) < 4.78 is 0. The summed E-state index contributed by atoms with van der Waals surface area (Å²) in [6.07, 6.45) is 0. The van der Waals surface area contributed by atoms with E-state index in [1.165, 1.54) is 16.7 Å². The number of benzene rings is 2. The highest BCUT2D eigenvalue weighted by Crippen LogP contribution is 2.24. The van der Waals surface area contributed by atoms with Gasteiger partial charge >= 0.3 is 0 Å². The Balaban J connectivity index is 2.46. The van der Waals surface area contributed by atoms with Crippen LogP contribution in [-0.4, -0.2) is 5.78 Å². The molecular weight excluding hydrogens is 232 g/mol. The molecule has 0 N–H and O–H groups in total. The van der Waals surface area contributed by atoms with E-state index in [1.807, 2.05) is 32.0 Å². The van der Waals surface area contributed by atoms with E-state index in [0.717, 1.165) is 11.1 Å². The van der Waals surface area contributed by atoms with Crippen molar-refractivity contribution in [2.24, 2.45) is 5.92 Å². The van der Waals surface area contributed by atoms with Crippen molar-refractivity contribution in [3.8, 4) is 11.1 Å². The Bertz CT molecular complexity index is 589. The van der Waals surface area contributed by atoms with Gasteiger partial charge in [0.25, 0.3) is 0 Å². The first-order chi connectivity index (χ1) is 8.97. The van der Waals surface area contributed by atoms with Gasteiger partial charge in [0.15, 0.2) is 5.78 Å². The van der Waals surface area contributed by atoms with E-state index in [9.17, 15) is 4.79 Å². The third-order valence-corrected chi connectivity index (χ3v) is 3.23. The highest BCUT2D eigenvalue weighted by Gasteiger charge is 2.11. The molecule has 0 amide bonds. The monoisotopic (exact) mass is 252 g/mol. The topological polar surface area (TPSA) is 17.1 Å². The summed E-state index contributed by atoms with van der Waals surface area (Å²) in [5.41, 5.74) is 5.58. The van der Waals surface area contributed by atoms with Crippen molar-refractivity contribution >= 4 is 5.78 Å². The van der Waals surface area contributed by atoms with E-state index in [2.05, 4.69) is 38.1 Å². The van der Waals surface area contributed by atoms with Gasteiger partial charge < -0.3 is 0 Å². The molecule has 0 fully saturated rings. The van der Waals surface area contributed by atoms with Crippen LogP contribution in [0.25, 0.3) is 11.1 Å². The molecule has 0 aliphatic rings. The van der Waals surface area contributed by atoms with Gasteiger partial charge in [0.1, 0.15) is 0 Å². The predicted octanol–water partition coefficient (Wildman–Crippen LogP) is 4.81. The number of carbonyl (C=O) groups is 1. The third-order valence-electron chi connectivity index (χ3n) is 3.23. The highest BCUT2D eigenvalue weighted by molar-refractivity contribution is 5.98. The second kappa shape index (κ2) is 5.40. The van der Waals surface area contributed by atoms with Crippen LogP contribution >= 0.6 is 0 Å². The standard InChI is InChI=1S/C18H20O/c1-12(2)18(19)16-7-5-6-15(11-16)17-9-13(3)8-14(4)10-17/h5-12H,1-4H3. The smallest absolute Gasteiger partial charge is 0.165 e. The van der Waals surface area contributed by atoms with Crippen LogP contribution in [0.3, 0.4) is 0 Å². The maximum absolute atomic E-state index is 12.1. The molecule has 0 unspecified atom stereocenters. The van der Waals surface area contributed by atoms with E-state index in [0.29, 0.717) is 0 Å². The summed E-state index contributed by atoms with van der Waals surface area (Å²) in [5, 5.41) is 0. The fourth-order valence-corrected chi connectivity index (χ4v) is 2.33. The molecule has 0 bridgehead atoms. The molecular formula is C18H20O. The average molecular weight is 252 g/mol. The molecule has 1 heteroatoms. The SMILES string of the molecule is Cc1cc(C)cc(-c2cccc(C(=O)C(C)C)c2)c1. The van der Waals surface area contributed by atoms with E-state index in [4.69, 9.17) is 0 Å². The van der Waals surface area contributed by atoms with Crippen LogP contribution < -0.4 is 0 Å². The highest BCUT2D eigenvalue weighted by atomic mass is 16.1. The van der Waals surface area contributed by atoms with E-state index >= 15 is 0 Å². The number of carbonyl (C=O) groups excluding carboxylic acids is 1. The van der Waals surface area contributed by atoms with Gasteiger partial charge in [0, 0.05) is 11.5 Å². The first kappa shape index (κ1) is 13.5. The normalized spacial score (nSPS) is 10.8. The molecule has 1 nitrogen and oxygen atoms in total. The van der Waals surface area contributed by atoms with Gasteiger partial charge in [-0.25, -0.2) is 0 Å². The lowest BCUT2D eigenvalue weighted by Crippen LogP contribution is -2.07. The Morgan fingerprint density at radius 2 is 1.53 bits per heavy atom. The van der Waals surface area contributed by atoms with Gasteiger partial charge in [-0.15, -0.1) is 0 Å². The Labute approximate surface area is 115 Å². The van der Waals surface area contributed by atoms with Crippen LogP contribution in [0.15, 0.2) is 42.5 Å². The minimum atomic E-state index is 0.0366. The fraction of sp³-hybridized carbons (Fsp3) is 0.278. The van der Waals surface area contributed by atoms with Gasteiger partial charge in [-0.1, -0.05) is 61.4 Å². The summed E-state index contributed by atoms with van der Waals surface area (Å²) >= 11 is 0. The lowest BCUT2D eigenvalue weighted by molar-refractivity contribution is 0.0939. The molecule has 19 heavy (non-hydrogen) atoms. The van der Waals surface area contributed by atoms with Gasteiger partial charge in [-0.05, 0) is 31.0 Å². The molecule has 0 spiro atoms. The molecule has 2 rings (SSSR count). The Morgan fingerprint density at radius 3 is 2.11 bits per heavy atom. The van der Waals surface area contributed by atoms with Crippen LogP contribution in [0.4, 0.5) is 0 Å². The van der Waals surface area contributed by atoms with E-state index < -0.39 is 0 Å². The van der Waals surface area contributed by atoms with Gasteiger partial charge in [-0.2, -0.15) is 0 Å². The van der Waals surface area contributed by atoms with Gasteiger partial charge in [0.2, 0.25) is 0 Å². The van der Waals surface area contributed by atoms with Crippen LogP contribution in [0.1, 0.15) is 35.3 Å². The maximum atomic E-state index is 12.1. The summed E-state index contributed by atoms with van der Waals surface area (Å²) in [7, 11) is 0. The molecule has 98 valence electrons. The number of ketones is 1. The third kappa shape index (κ3) is 3.11. The van der Waals surface area contributed by atoms with Crippen LogP contribution in [-0.2, 0) is 0 Å². The van der Waals surface area contributed by atoms with Crippen molar-refractivity contribution in [1.29, 1.82) is 0 Å². The van der Waals surface area contributed by atoms with Crippen LogP contribution in [0.2, 0.25) is 0 Å². The Morgan fingerprint density at radius 1 is 0.895 bits per heavy atom. The number of aryl methyl sites for hydroxylation is 2. The molecule has 0 radical (unpaired) electrons. The molecule has 0 saturated carbocycles. The number of rotatable bonds is 3. The Kier molecular flexibility index (Phi) is 3.84. The van der Waals surface area contributed by atoms with Crippen molar-refractivity contribution in [2.75, 3.05) is 0 Å². The average Bonchev–Trinajstić information content (AvgIpc) is 2.36. The molecule has 0 saturated heterocycles. The van der Waals surface area contributed by atoms with Crippen molar-refractivity contribution in [1.82, 2.24) is 0 Å². The molecule has 0 aromatic heterocycles. The molecule has 0 atom stereocenters. The van der Waals surface area contributed by atoms with Crippen LogP contribution in [0, 0.1) is 19.8 Å². The number of hydrogen-bond donors (Lipinski definition) is 0. The first-order valence-corrected chi connectivity index (χ1v) is 6.70. The predicted molar refractivity (Wildman–Crippen MR) is 80.5 cm³/mol. The first-order valence-electron chi connectivity index (χ1n) is 6.70. The quantitative estimate of drug-likeness (QED) is 0.716. The molecule has 0 aliphatic carbocycles. The largest absolute Gasteiger partial charge is 0.294 e. The zero-order chi connectivity index (χ0) is 14.0. The van der Waals surface area contributed by atoms with Crippen molar-refractivity contribution < 1.29 is 4.79 Å². The lowest BCUT2D eigenvalue weighted by atomic mass is 9.95. The van der Waals surface area contributed by atoms with E-state index in [1.54, 1.807) is 0 Å². The van der Waals surface area contributed by atoms with Crippen LogP contribution in [0.5, 0.6) is 0 Å². The summed E-state index contributed by atoms with van der Waals surface area (Å²) in [5.74, 6) is 0.237. The lowest BCUT2D eigenvalue weighted by Gasteiger charge is -2.09. The summed E-state index contributed by atoms with van der Waals surface area (Å²) in [6.45, 7) is 8.07. The summed E-state index contributed by atoms with van der Waals surface area (Å²) in [6, 6.07) is 14.4. The molecule has 2 aromatic rings. The molecule has 0 aliphatic heterocycles. The van der Waals surface area contributed by atoms with Crippen molar-refractivity contribution in [3.05, 3.63) is 59.2 Å². The zero-order valence-electron chi connectivity index (χ0n) is 12.0. The number of Topliss-reactive ketones (excluding diaryl/α,β-unsaturated/α-hetero) is 1. The zero-order valence-corrected chi connectivity index (χ0v) is 12.0. The fourth-order valence-electron chi connectivity index (χ4n) is 2.33. The summed E-state index contributed by atoms with van der Waals surface area (Å²) in [4.78, 5) is 12.1. The molecule has 0 heterocycles. The maximum Gasteiger partial charge on any atom is 0.165 e.